The zero-order chi connectivity index (χ0) is 18.1. The molecule has 1 aliphatic heterocycles. The summed E-state index contributed by atoms with van der Waals surface area (Å²) in [6.45, 7) is 4.67. The Bertz CT molecular complexity index is 809. The molecule has 0 bridgehead atoms. The van der Waals surface area contributed by atoms with Crippen molar-refractivity contribution in [3.8, 4) is 0 Å². The molecule has 9 nitrogen and oxygen atoms in total. The summed E-state index contributed by atoms with van der Waals surface area (Å²) < 4.78 is 50.3. The van der Waals surface area contributed by atoms with Crippen molar-refractivity contribution < 1.29 is 21.6 Å². The zero-order valence-electron chi connectivity index (χ0n) is 13.9. The van der Waals surface area contributed by atoms with Crippen LogP contribution >= 0.6 is 0 Å². The molecular formula is C13H22N4O5S2. The molecule has 1 amide bonds. The maximum atomic E-state index is 12.3. The van der Waals surface area contributed by atoms with E-state index in [2.05, 4.69) is 14.9 Å². The first kappa shape index (κ1) is 18.9. The van der Waals surface area contributed by atoms with Crippen LogP contribution in [0, 0.1) is 13.8 Å². The van der Waals surface area contributed by atoms with Gasteiger partial charge < -0.3 is 4.90 Å². The molecule has 24 heavy (non-hydrogen) atoms. The second-order valence-corrected chi connectivity index (χ2v) is 9.86. The molecule has 1 aliphatic rings. The topological polar surface area (TPSA) is 129 Å². The fraction of sp³-hybridized carbons (Fsp3) is 0.692. The van der Waals surface area contributed by atoms with Crippen LogP contribution in [0.4, 0.5) is 0 Å². The summed E-state index contributed by atoms with van der Waals surface area (Å²) in [7, 11) is -6.87. The lowest BCUT2D eigenvalue weighted by molar-refractivity contribution is -0.130. The van der Waals surface area contributed by atoms with Gasteiger partial charge in [-0.25, -0.2) is 21.6 Å². The number of sulfone groups is 1. The Kier molecular flexibility index (Phi) is 5.35. The third kappa shape index (κ3) is 4.14. The molecule has 1 aromatic heterocycles. The Morgan fingerprint density at radius 2 is 2.08 bits per heavy atom. The molecule has 1 atom stereocenters. The predicted octanol–water partition coefficient (Wildman–Crippen LogP) is -0.660. The highest BCUT2D eigenvalue weighted by molar-refractivity contribution is 7.91. The molecule has 2 N–H and O–H groups in total. The number of amides is 1. The number of hydrogen-bond donors (Lipinski definition) is 2. The normalized spacial score (nSPS) is 20.2. The van der Waals surface area contributed by atoms with Crippen LogP contribution in [0.5, 0.6) is 0 Å². The van der Waals surface area contributed by atoms with E-state index in [1.165, 1.54) is 11.8 Å². The fourth-order valence-electron chi connectivity index (χ4n) is 2.93. The third-order valence-corrected chi connectivity index (χ3v) is 7.50. The van der Waals surface area contributed by atoms with E-state index in [4.69, 9.17) is 0 Å². The number of hydrogen-bond acceptors (Lipinski definition) is 6. The number of carbonyl (C=O) groups excluding carboxylic acids is 1. The van der Waals surface area contributed by atoms with Crippen LogP contribution in [0.3, 0.4) is 0 Å². The third-order valence-electron chi connectivity index (χ3n) is 4.03. The van der Waals surface area contributed by atoms with E-state index in [9.17, 15) is 21.6 Å². The highest BCUT2D eigenvalue weighted by atomic mass is 32.2. The maximum absolute atomic E-state index is 12.3. The van der Waals surface area contributed by atoms with Gasteiger partial charge in [0.05, 0.1) is 22.9 Å². The number of aromatic amines is 1. The highest BCUT2D eigenvalue weighted by Gasteiger charge is 2.33. The lowest BCUT2D eigenvalue weighted by Gasteiger charge is -2.27. The first-order chi connectivity index (χ1) is 11.0. The second kappa shape index (κ2) is 6.81. The molecule has 1 aromatic rings. The van der Waals surface area contributed by atoms with Gasteiger partial charge in [0, 0.05) is 26.1 Å². The monoisotopic (exact) mass is 378 g/mol. The average molecular weight is 378 g/mol. The summed E-state index contributed by atoms with van der Waals surface area (Å²) in [6.07, 6.45) is 0.384. The predicted molar refractivity (Wildman–Crippen MR) is 87.7 cm³/mol. The van der Waals surface area contributed by atoms with Crippen molar-refractivity contribution in [2.24, 2.45) is 0 Å². The summed E-state index contributed by atoms with van der Waals surface area (Å²) in [5, 5.41) is 6.47. The van der Waals surface area contributed by atoms with Crippen molar-refractivity contribution in [3.63, 3.8) is 0 Å². The van der Waals surface area contributed by atoms with Gasteiger partial charge in [0.15, 0.2) is 9.84 Å². The summed E-state index contributed by atoms with van der Waals surface area (Å²) in [5.41, 5.74) is 0.802. The minimum Gasteiger partial charge on any atom is -0.338 e. The van der Waals surface area contributed by atoms with E-state index < -0.39 is 25.9 Å². The summed E-state index contributed by atoms with van der Waals surface area (Å²) in [4.78, 5) is 13.3. The molecule has 1 unspecified atom stereocenters. The van der Waals surface area contributed by atoms with Gasteiger partial charge in [0.2, 0.25) is 15.9 Å². The number of sulfonamides is 1. The van der Waals surface area contributed by atoms with E-state index >= 15 is 0 Å². The molecule has 0 aromatic carbocycles. The second-order valence-electron chi connectivity index (χ2n) is 5.93. The number of aryl methyl sites for hydroxylation is 2. The maximum Gasteiger partial charge on any atom is 0.244 e. The van der Waals surface area contributed by atoms with Gasteiger partial charge in [-0.2, -0.15) is 5.10 Å². The van der Waals surface area contributed by atoms with Gasteiger partial charge in [-0.3, -0.25) is 9.89 Å². The van der Waals surface area contributed by atoms with E-state index in [1.807, 2.05) is 0 Å². The zero-order valence-corrected chi connectivity index (χ0v) is 15.5. The molecule has 0 saturated carbocycles. The molecule has 2 heterocycles. The summed E-state index contributed by atoms with van der Waals surface area (Å²) in [5.74, 6) is -0.285. The Balaban J connectivity index is 2.02. The van der Waals surface area contributed by atoms with Gasteiger partial charge >= 0.3 is 0 Å². The number of nitrogens with zero attached hydrogens (tertiary/aromatic N) is 2. The molecule has 1 saturated heterocycles. The van der Waals surface area contributed by atoms with Crippen LogP contribution in [-0.2, 0) is 24.7 Å². The van der Waals surface area contributed by atoms with Crippen LogP contribution in [-0.4, -0.2) is 68.5 Å². The van der Waals surface area contributed by atoms with Crippen LogP contribution in [0.2, 0.25) is 0 Å². The smallest absolute Gasteiger partial charge is 0.244 e. The van der Waals surface area contributed by atoms with E-state index in [0.29, 0.717) is 17.8 Å². The number of carbonyl (C=O) groups is 1. The Morgan fingerprint density at radius 1 is 1.42 bits per heavy atom. The van der Waals surface area contributed by atoms with Gasteiger partial charge in [-0.1, -0.05) is 0 Å². The number of aromatic nitrogens is 2. The van der Waals surface area contributed by atoms with Crippen molar-refractivity contribution in [1.82, 2.24) is 19.8 Å². The minimum atomic E-state index is -3.75. The fourth-order valence-corrected chi connectivity index (χ4v) is 6.05. The van der Waals surface area contributed by atoms with Crippen molar-refractivity contribution in [2.75, 3.05) is 24.6 Å². The van der Waals surface area contributed by atoms with Crippen LogP contribution in [0.15, 0.2) is 4.90 Å². The molecule has 1 fully saturated rings. The molecule has 11 heteroatoms. The number of nitrogens with one attached hydrogen (secondary N) is 2. The summed E-state index contributed by atoms with van der Waals surface area (Å²) in [6, 6.07) is -0.394. The first-order valence-corrected chi connectivity index (χ1v) is 10.8. The van der Waals surface area contributed by atoms with E-state index in [-0.39, 0.29) is 35.4 Å². The van der Waals surface area contributed by atoms with Crippen molar-refractivity contribution in [2.45, 2.75) is 38.1 Å². The van der Waals surface area contributed by atoms with E-state index in [0.717, 1.165) is 0 Å². The molecule has 0 aliphatic carbocycles. The standard InChI is InChI=1S/C13H22N4O5S2/c1-9-13(10(2)16-15-9)24(21,22)14-5-6-17(11(3)18)12-4-7-23(19,20)8-12/h12,14H,4-8H2,1-3H3,(H,15,16). The number of rotatable bonds is 6. The average Bonchev–Trinajstić information content (AvgIpc) is 2.97. The molecule has 2 rings (SSSR count). The molecule has 0 spiro atoms. The molecule has 136 valence electrons. The quantitative estimate of drug-likeness (QED) is 0.676. The van der Waals surface area contributed by atoms with Crippen LogP contribution in [0.25, 0.3) is 0 Å². The van der Waals surface area contributed by atoms with Gasteiger partial charge in [-0.05, 0) is 20.3 Å². The Labute approximate surface area is 141 Å². The SMILES string of the molecule is CC(=O)N(CCNS(=O)(=O)c1c(C)n[nH]c1C)C1CCS(=O)(=O)C1. The molecule has 0 radical (unpaired) electrons. The highest BCUT2D eigenvalue weighted by Crippen LogP contribution is 2.18. The minimum absolute atomic E-state index is 0.00250. The van der Waals surface area contributed by atoms with Gasteiger partial charge in [-0.15, -0.1) is 0 Å². The Hall–Kier alpha value is -1.46. The van der Waals surface area contributed by atoms with E-state index in [1.54, 1.807) is 13.8 Å². The first-order valence-electron chi connectivity index (χ1n) is 7.52. The Morgan fingerprint density at radius 3 is 2.54 bits per heavy atom. The summed E-state index contributed by atoms with van der Waals surface area (Å²) >= 11 is 0. The lowest BCUT2D eigenvalue weighted by Crippen LogP contribution is -2.44. The van der Waals surface area contributed by atoms with Crippen molar-refractivity contribution >= 4 is 25.8 Å². The van der Waals surface area contributed by atoms with Crippen molar-refractivity contribution in [1.29, 1.82) is 0 Å². The van der Waals surface area contributed by atoms with Crippen LogP contribution < -0.4 is 4.72 Å². The van der Waals surface area contributed by atoms with Gasteiger partial charge in [0.25, 0.3) is 0 Å². The van der Waals surface area contributed by atoms with Gasteiger partial charge in [0.1, 0.15) is 4.90 Å². The molecular weight excluding hydrogens is 356 g/mol. The lowest BCUT2D eigenvalue weighted by atomic mass is 10.2. The van der Waals surface area contributed by atoms with Crippen molar-refractivity contribution in [3.05, 3.63) is 11.4 Å². The van der Waals surface area contributed by atoms with Crippen LogP contribution in [0.1, 0.15) is 24.7 Å². The number of H-pyrrole nitrogens is 1. The largest absolute Gasteiger partial charge is 0.338 e.